The average molecular weight is 228 g/mol. The minimum absolute atomic E-state index is 0.223. The van der Waals surface area contributed by atoms with Crippen LogP contribution in [-0.4, -0.2) is 19.0 Å². The third-order valence-electron chi connectivity index (χ3n) is 2.18. The van der Waals surface area contributed by atoms with Gasteiger partial charge in [0.25, 0.3) is 0 Å². The molecule has 0 bridgehead atoms. The first-order chi connectivity index (χ1) is 7.56. The molecule has 0 spiro atoms. The molecule has 0 radical (unpaired) electrons. The van der Waals surface area contributed by atoms with Crippen molar-refractivity contribution in [3.05, 3.63) is 29.8 Å². The minimum Gasteiger partial charge on any atom is -0.330 e. The summed E-state index contributed by atoms with van der Waals surface area (Å²) in [6.45, 7) is 2.21. The van der Waals surface area contributed by atoms with Gasteiger partial charge in [-0.1, -0.05) is 0 Å². The van der Waals surface area contributed by atoms with E-state index in [2.05, 4.69) is 0 Å². The second-order valence-electron chi connectivity index (χ2n) is 3.41. The number of hydrogen-bond acceptors (Lipinski definition) is 2. The molecule has 0 fully saturated rings. The first-order valence-electron chi connectivity index (χ1n) is 4.99. The summed E-state index contributed by atoms with van der Waals surface area (Å²) in [6.07, 6.45) is 0.610. The van der Waals surface area contributed by atoms with Crippen molar-refractivity contribution in [2.45, 2.75) is 13.3 Å². The van der Waals surface area contributed by atoms with E-state index in [-0.39, 0.29) is 5.91 Å². The van der Waals surface area contributed by atoms with E-state index in [1.807, 2.05) is 0 Å². The van der Waals surface area contributed by atoms with E-state index < -0.39 is 11.6 Å². The number of hydrogen-bond donors (Lipinski definition) is 1. The van der Waals surface area contributed by atoms with Gasteiger partial charge in [0.2, 0.25) is 5.91 Å². The molecule has 1 aromatic carbocycles. The zero-order valence-corrected chi connectivity index (χ0v) is 9.04. The highest BCUT2D eigenvalue weighted by Gasteiger charge is 2.12. The third kappa shape index (κ3) is 3.00. The van der Waals surface area contributed by atoms with Crippen LogP contribution in [0, 0.1) is 11.6 Å². The van der Waals surface area contributed by atoms with Crippen LogP contribution >= 0.6 is 0 Å². The zero-order valence-electron chi connectivity index (χ0n) is 9.04. The Labute approximate surface area is 92.8 Å². The van der Waals surface area contributed by atoms with Gasteiger partial charge < -0.3 is 10.6 Å². The number of nitrogens with two attached hydrogens (primary N) is 1. The van der Waals surface area contributed by atoms with E-state index in [1.165, 1.54) is 17.9 Å². The fourth-order valence-electron chi connectivity index (χ4n) is 1.37. The largest absolute Gasteiger partial charge is 0.330 e. The van der Waals surface area contributed by atoms with Crippen molar-refractivity contribution in [1.82, 2.24) is 0 Å². The monoisotopic (exact) mass is 228 g/mol. The molecule has 0 saturated heterocycles. The summed E-state index contributed by atoms with van der Waals surface area (Å²) in [5, 5.41) is 0. The summed E-state index contributed by atoms with van der Waals surface area (Å²) in [5.74, 6) is -2.11. The van der Waals surface area contributed by atoms with Gasteiger partial charge in [0.1, 0.15) is 0 Å². The lowest BCUT2D eigenvalue weighted by Crippen LogP contribution is -2.30. The van der Waals surface area contributed by atoms with Crippen LogP contribution in [0.1, 0.15) is 13.3 Å². The van der Waals surface area contributed by atoms with Gasteiger partial charge in [-0.15, -0.1) is 0 Å². The molecule has 16 heavy (non-hydrogen) atoms. The predicted molar refractivity (Wildman–Crippen MR) is 58.1 cm³/mol. The van der Waals surface area contributed by atoms with Crippen molar-refractivity contribution in [2.24, 2.45) is 5.73 Å². The molecule has 2 N–H and O–H groups in total. The lowest BCUT2D eigenvalue weighted by Gasteiger charge is -2.20. The second kappa shape index (κ2) is 5.55. The van der Waals surface area contributed by atoms with Crippen molar-refractivity contribution in [3.8, 4) is 0 Å². The Morgan fingerprint density at radius 1 is 1.38 bits per heavy atom. The van der Waals surface area contributed by atoms with E-state index in [9.17, 15) is 13.6 Å². The van der Waals surface area contributed by atoms with Gasteiger partial charge in [-0.05, 0) is 25.1 Å². The van der Waals surface area contributed by atoms with E-state index in [0.717, 1.165) is 12.1 Å². The highest BCUT2D eigenvalue weighted by atomic mass is 19.2. The Hall–Kier alpha value is -1.49. The van der Waals surface area contributed by atoms with Crippen LogP contribution in [0.3, 0.4) is 0 Å². The number of rotatable bonds is 4. The van der Waals surface area contributed by atoms with Crippen molar-refractivity contribution >= 4 is 11.6 Å². The Balaban J connectivity index is 2.92. The number of halogens is 2. The smallest absolute Gasteiger partial charge is 0.223 e. The molecule has 88 valence electrons. The zero-order chi connectivity index (χ0) is 12.1. The first kappa shape index (κ1) is 12.6. The normalized spacial score (nSPS) is 10.2. The summed E-state index contributed by atoms with van der Waals surface area (Å²) in [6, 6.07) is 3.38. The van der Waals surface area contributed by atoms with Crippen LogP contribution in [0.15, 0.2) is 18.2 Å². The molecule has 0 unspecified atom stereocenters. The van der Waals surface area contributed by atoms with Gasteiger partial charge >= 0.3 is 0 Å². The summed E-state index contributed by atoms with van der Waals surface area (Å²) in [7, 11) is 0. The van der Waals surface area contributed by atoms with E-state index in [1.54, 1.807) is 0 Å². The number of nitrogens with zero attached hydrogens (tertiary/aromatic N) is 1. The Kier molecular flexibility index (Phi) is 4.37. The minimum atomic E-state index is -0.962. The van der Waals surface area contributed by atoms with Crippen LogP contribution < -0.4 is 10.6 Å². The maximum Gasteiger partial charge on any atom is 0.223 e. The topological polar surface area (TPSA) is 46.3 Å². The van der Waals surface area contributed by atoms with Crippen LogP contribution in [0.2, 0.25) is 0 Å². The maximum absolute atomic E-state index is 13.0. The van der Waals surface area contributed by atoms with Gasteiger partial charge in [-0.25, -0.2) is 8.78 Å². The lowest BCUT2D eigenvalue weighted by atomic mass is 10.2. The highest BCUT2D eigenvalue weighted by molar-refractivity contribution is 5.91. The van der Waals surface area contributed by atoms with Crippen LogP contribution in [-0.2, 0) is 4.79 Å². The molecule has 1 aromatic rings. The molecule has 5 heteroatoms. The molecule has 1 amide bonds. The number of amides is 1. The molecule has 3 nitrogen and oxygen atoms in total. The van der Waals surface area contributed by atoms with Gasteiger partial charge in [0.05, 0.1) is 0 Å². The van der Waals surface area contributed by atoms with Gasteiger partial charge in [0.15, 0.2) is 11.6 Å². The van der Waals surface area contributed by atoms with Gasteiger partial charge in [-0.3, -0.25) is 4.79 Å². The van der Waals surface area contributed by atoms with Crippen molar-refractivity contribution in [3.63, 3.8) is 0 Å². The Morgan fingerprint density at radius 2 is 2.06 bits per heavy atom. The molecular weight excluding hydrogens is 214 g/mol. The lowest BCUT2D eigenvalue weighted by molar-refractivity contribution is -0.116. The van der Waals surface area contributed by atoms with Gasteiger partial charge in [0, 0.05) is 25.2 Å². The standard InChI is InChI=1S/C11H14F2N2O/c1-8(16)15(6-2-5-14)9-3-4-10(12)11(13)7-9/h3-4,7H,2,5-6,14H2,1H3. The molecule has 0 atom stereocenters. The van der Waals surface area contributed by atoms with Crippen LogP contribution in [0.4, 0.5) is 14.5 Å². The molecule has 0 aliphatic rings. The third-order valence-corrected chi connectivity index (χ3v) is 2.18. The van der Waals surface area contributed by atoms with Crippen molar-refractivity contribution in [2.75, 3.05) is 18.0 Å². The fourth-order valence-corrected chi connectivity index (χ4v) is 1.37. The summed E-state index contributed by atoms with van der Waals surface area (Å²) in [4.78, 5) is 12.7. The number of anilines is 1. The fraction of sp³-hybridized carbons (Fsp3) is 0.364. The predicted octanol–water partition coefficient (Wildman–Crippen LogP) is 1.67. The number of carbonyl (C=O) groups excluding carboxylic acids is 1. The van der Waals surface area contributed by atoms with Crippen LogP contribution in [0.25, 0.3) is 0 Å². The summed E-state index contributed by atoms with van der Waals surface area (Å²) in [5.41, 5.74) is 5.68. The maximum atomic E-state index is 13.0. The Bertz CT molecular complexity index is 382. The number of benzene rings is 1. The number of carbonyl (C=O) groups is 1. The highest BCUT2D eigenvalue weighted by Crippen LogP contribution is 2.18. The molecule has 0 aliphatic carbocycles. The molecule has 0 heterocycles. The van der Waals surface area contributed by atoms with Crippen LogP contribution in [0.5, 0.6) is 0 Å². The first-order valence-corrected chi connectivity index (χ1v) is 4.99. The SMILES string of the molecule is CC(=O)N(CCCN)c1ccc(F)c(F)c1. The van der Waals surface area contributed by atoms with Crippen molar-refractivity contribution in [1.29, 1.82) is 0 Å². The second-order valence-corrected chi connectivity index (χ2v) is 3.41. The average Bonchev–Trinajstić information content (AvgIpc) is 2.23. The molecule has 1 rings (SSSR count). The molecule has 0 aromatic heterocycles. The van der Waals surface area contributed by atoms with E-state index >= 15 is 0 Å². The summed E-state index contributed by atoms with van der Waals surface area (Å²) >= 11 is 0. The summed E-state index contributed by atoms with van der Waals surface area (Å²) < 4.78 is 25.7. The quantitative estimate of drug-likeness (QED) is 0.852. The molecule has 0 saturated carbocycles. The molecule has 0 aliphatic heterocycles. The van der Waals surface area contributed by atoms with E-state index in [0.29, 0.717) is 25.2 Å². The Morgan fingerprint density at radius 3 is 2.56 bits per heavy atom. The van der Waals surface area contributed by atoms with Gasteiger partial charge in [-0.2, -0.15) is 0 Å². The van der Waals surface area contributed by atoms with Crippen molar-refractivity contribution < 1.29 is 13.6 Å². The van der Waals surface area contributed by atoms with E-state index in [4.69, 9.17) is 5.73 Å². The molecular formula is C11H14F2N2O.